The number of thiocarbonyl (C=S) groups is 1. The standard InChI is InChI=1S/C16H19N7O2S/c1-23(2)14-11(8-20-22-15(17)26)7-19-16(21-14)18-6-10-3-4-12-13(5-10)25-9-24-12/h3-5,7-8H,6,9H2,1-2H3,(H3,17,22,26)(H,18,19,21)/b20-8+. The van der Waals surface area contributed by atoms with Crippen LogP contribution < -0.4 is 30.8 Å². The molecule has 0 spiro atoms. The molecule has 0 radical (unpaired) electrons. The largest absolute Gasteiger partial charge is 0.454 e. The number of nitrogens with one attached hydrogen (secondary N) is 2. The van der Waals surface area contributed by atoms with Crippen LogP contribution in [0.3, 0.4) is 0 Å². The quantitative estimate of drug-likeness (QED) is 0.389. The lowest BCUT2D eigenvalue weighted by Gasteiger charge is -2.15. The molecule has 136 valence electrons. The van der Waals surface area contributed by atoms with Gasteiger partial charge in [0.1, 0.15) is 5.82 Å². The summed E-state index contributed by atoms with van der Waals surface area (Å²) in [6, 6.07) is 5.79. The maximum Gasteiger partial charge on any atom is 0.231 e. The van der Waals surface area contributed by atoms with Crippen LogP contribution in [0.2, 0.25) is 0 Å². The Morgan fingerprint density at radius 3 is 2.96 bits per heavy atom. The number of ether oxygens (including phenoxy) is 2. The van der Waals surface area contributed by atoms with Crippen molar-refractivity contribution < 1.29 is 9.47 Å². The first-order valence-corrected chi connectivity index (χ1v) is 8.19. The third-order valence-corrected chi connectivity index (χ3v) is 3.58. The first kappa shape index (κ1) is 17.7. The summed E-state index contributed by atoms with van der Waals surface area (Å²) < 4.78 is 10.7. The second-order valence-electron chi connectivity index (χ2n) is 5.64. The highest BCUT2D eigenvalue weighted by atomic mass is 32.1. The number of nitrogens with two attached hydrogens (primary N) is 1. The molecule has 10 heteroatoms. The van der Waals surface area contributed by atoms with E-state index in [0.29, 0.717) is 18.3 Å². The number of aromatic nitrogens is 2. The van der Waals surface area contributed by atoms with E-state index in [4.69, 9.17) is 27.4 Å². The summed E-state index contributed by atoms with van der Waals surface area (Å²) >= 11 is 4.71. The van der Waals surface area contributed by atoms with Crippen molar-refractivity contribution in [2.75, 3.05) is 31.1 Å². The predicted octanol–water partition coefficient (Wildman–Crippen LogP) is 1.05. The van der Waals surface area contributed by atoms with E-state index in [0.717, 1.165) is 22.6 Å². The molecular weight excluding hydrogens is 354 g/mol. The van der Waals surface area contributed by atoms with Gasteiger partial charge in [0.25, 0.3) is 0 Å². The number of fused-ring (bicyclic) bond motifs is 1. The van der Waals surface area contributed by atoms with Crippen molar-refractivity contribution >= 4 is 35.3 Å². The molecule has 4 N–H and O–H groups in total. The Morgan fingerprint density at radius 2 is 2.19 bits per heavy atom. The van der Waals surface area contributed by atoms with Crippen LogP contribution in [0.1, 0.15) is 11.1 Å². The van der Waals surface area contributed by atoms with Gasteiger partial charge < -0.3 is 25.4 Å². The van der Waals surface area contributed by atoms with Gasteiger partial charge in [-0.2, -0.15) is 10.1 Å². The van der Waals surface area contributed by atoms with Gasteiger partial charge in [0.05, 0.1) is 11.8 Å². The molecule has 0 bridgehead atoms. The van der Waals surface area contributed by atoms with E-state index in [-0.39, 0.29) is 11.9 Å². The minimum atomic E-state index is 0.0931. The summed E-state index contributed by atoms with van der Waals surface area (Å²) in [5, 5.41) is 7.24. The van der Waals surface area contributed by atoms with Gasteiger partial charge in [0, 0.05) is 26.8 Å². The first-order valence-electron chi connectivity index (χ1n) is 7.78. The summed E-state index contributed by atoms with van der Waals surface area (Å²) in [6.45, 7) is 0.814. The molecule has 1 aliphatic rings. The molecule has 26 heavy (non-hydrogen) atoms. The molecule has 9 nitrogen and oxygen atoms in total. The molecule has 0 saturated heterocycles. The molecule has 0 unspecified atom stereocenters. The fourth-order valence-corrected chi connectivity index (χ4v) is 2.37. The maximum atomic E-state index is 5.39. The SMILES string of the molecule is CN(C)c1nc(NCc2ccc3c(c2)OCO3)ncc1/C=N/NC(N)=S. The molecule has 1 aliphatic heterocycles. The Morgan fingerprint density at radius 1 is 1.38 bits per heavy atom. The Labute approximate surface area is 156 Å². The highest BCUT2D eigenvalue weighted by Crippen LogP contribution is 2.32. The van der Waals surface area contributed by atoms with Crippen LogP contribution in [0.5, 0.6) is 11.5 Å². The second kappa shape index (κ2) is 7.83. The Kier molecular flexibility index (Phi) is 5.32. The van der Waals surface area contributed by atoms with E-state index < -0.39 is 0 Å². The van der Waals surface area contributed by atoms with E-state index in [2.05, 4.69) is 25.8 Å². The molecule has 1 aromatic carbocycles. The van der Waals surface area contributed by atoms with Gasteiger partial charge in [-0.1, -0.05) is 6.07 Å². The minimum absolute atomic E-state index is 0.0931. The number of nitrogens with zero attached hydrogens (tertiary/aromatic N) is 4. The van der Waals surface area contributed by atoms with Gasteiger partial charge in [0.2, 0.25) is 12.7 Å². The van der Waals surface area contributed by atoms with Gasteiger partial charge in [-0.25, -0.2) is 4.98 Å². The van der Waals surface area contributed by atoms with Crippen LogP contribution in [-0.2, 0) is 6.54 Å². The molecule has 0 fully saturated rings. The predicted molar refractivity (Wildman–Crippen MR) is 104 cm³/mol. The van der Waals surface area contributed by atoms with Crippen LogP contribution in [0.25, 0.3) is 0 Å². The van der Waals surface area contributed by atoms with Crippen molar-refractivity contribution in [1.29, 1.82) is 0 Å². The summed E-state index contributed by atoms with van der Waals surface area (Å²) in [5.74, 6) is 2.72. The zero-order valence-corrected chi connectivity index (χ0v) is 15.2. The number of hydrazone groups is 1. The second-order valence-corrected chi connectivity index (χ2v) is 6.08. The van der Waals surface area contributed by atoms with Crippen molar-refractivity contribution in [2.24, 2.45) is 10.8 Å². The zero-order valence-electron chi connectivity index (χ0n) is 14.4. The average molecular weight is 373 g/mol. The van der Waals surface area contributed by atoms with Gasteiger partial charge in [-0.3, -0.25) is 5.43 Å². The van der Waals surface area contributed by atoms with Crippen LogP contribution in [0.4, 0.5) is 11.8 Å². The summed E-state index contributed by atoms with van der Waals surface area (Å²) in [7, 11) is 3.78. The average Bonchev–Trinajstić information content (AvgIpc) is 3.08. The number of hydrogen-bond donors (Lipinski definition) is 3. The molecule has 0 amide bonds. The van der Waals surface area contributed by atoms with E-state index >= 15 is 0 Å². The minimum Gasteiger partial charge on any atom is -0.454 e. The van der Waals surface area contributed by atoms with E-state index in [1.807, 2.05) is 37.2 Å². The number of benzene rings is 1. The van der Waals surface area contributed by atoms with Gasteiger partial charge >= 0.3 is 0 Å². The number of hydrogen-bond acceptors (Lipinski definition) is 8. The van der Waals surface area contributed by atoms with E-state index in [9.17, 15) is 0 Å². The lowest BCUT2D eigenvalue weighted by molar-refractivity contribution is 0.174. The van der Waals surface area contributed by atoms with Gasteiger partial charge in [0.15, 0.2) is 16.6 Å². The maximum absolute atomic E-state index is 5.39. The van der Waals surface area contributed by atoms with Crippen molar-refractivity contribution in [3.63, 3.8) is 0 Å². The molecule has 2 aromatic rings. The zero-order chi connectivity index (χ0) is 18.5. The Bertz CT molecular complexity index is 841. The van der Waals surface area contributed by atoms with Crippen LogP contribution >= 0.6 is 12.2 Å². The first-order chi connectivity index (χ1) is 12.5. The monoisotopic (exact) mass is 373 g/mol. The normalized spacial score (nSPS) is 12.2. The fourth-order valence-electron chi connectivity index (χ4n) is 2.31. The third-order valence-electron chi connectivity index (χ3n) is 3.49. The van der Waals surface area contributed by atoms with Crippen molar-refractivity contribution in [1.82, 2.24) is 15.4 Å². The van der Waals surface area contributed by atoms with Crippen LogP contribution in [0, 0.1) is 0 Å². The van der Waals surface area contributed by atoms with Crippen LogP contribution in [-0.4, -0.2) is 42.2 Å². The summed E-state index contributed by atoms with van der Waals surface area (Å²) in [4.78, 5) is 10.7. The fraction of sp³-hybridized carbons (Fsp3) is 0.250. The molecular formula is C16H19N7O2S. The van der Waals surface area contributed by atoms with Gasteiger partial charge in [-0.05, 0) is 29.9 Å². The molecule has 0 atom stereocenters. The number of anilines is 2. The molecule has 0 saturated carbocycles. The topological polar surface area (TPSA) is 110 Å². The smallest absolute Gasteiger partial charge is 0.231 e. The van der Waals surface area contributed by atoms with Crippen molar-refractivity contribution in [3.8, 4) is 11.5 Å². The number of rotatable bonds is 6. The van der Waals surface area contributed by atoms with Crippen molar-refractivity contribution in [3.05, 3.63) is 35.5 Å². The highest BCUT2D eigenvalue weighted by Gasteiger charge is 2.13. The van der Waals surface area contributed by atoms with Crippen molar-refractivity contribution in [2.45, 2.75) is 6.54 Å². The molecule has 1 aromatic heterocycles. The molecule has 0 aliphatic carbocycles. The van der Waals surface area contributed by atoms with E-state index in [1.165, 1.54) is 0 Å². The van der Waals surface area contributed by atoms with Gasteiger partial charge in [-0.15, -0.1) is 0 Å². The highest BCUT2D eigenvalue weighted by molar-refractivity contribution is 7.80. The van der Waals surface area contributed by atoms with E-state index in [1.54, 1.807) is 12.4 Å². The lowest BCUT2D eigenvalue weighted by atomic mass is 10.2. The summed E-state index contributed by atoms with van der Waals surface area (Å²) in [6.07, 6.45) is 3.24. The Balaban J connectivity index is 1.71. The molecule has 3 rings (SSSR count). The lowest BCUT2D eigenvalue weighted by Crippen LogP contribution is -2.24. The molecule has 2 heterocycles. The van der Waals surface area contributed by atoms with Crippen LogP contribution in [0.15, 0.2) is 29.5 Å². The Hall–Kier alpha value is -3.14. The third kappa shape index (κ3) is 4.28. The summed E-state index contributed by atoms with van der Waals surface area (Å²) in [5.41, 5.74) is 9.62.